The van der Waals surface area contributed by atoms with Crippen LogP contribution in [0, 0.1) is 5.92 Å². The standard InChI is InChI=1S/C20H22ClNO5/c1-12(23)16-17(13-6-8-20(9-7-13)26-10-11-27-20)22(19(25)18(16)24)15-4-2-14(21)3-5-15/h2-5,13,17,24H,6-11H2,1H3/t17-/m0/s1. The maximum atomic E-state index is 12.8. The van der Waals surface area contributed by atoms with Crippen molar-refractivity contribution < 1.29 is 24.2 Å². The van der Waals surface area contributed by atoms with E-state index in [9.17, 15) is 14.7 Å². The highest BCUT2D eigenvalue weighted by Gasteiger charge is 2.49. The third-order valence-electron chi connectivity index (χ3n) is 5.79. The minimum absolute atomic E-state index is 0.0339. The highest BCUT2D eigenvalue weighted by Crippen LogP contribution is 2.45. The molecule has 1 aliphatic carbocycles. The largest absolute Gasteiger partial charge is 0.503 e. The Morgan fingerprint density at radius 1 is 1.19 bits per heavy atom. The number of Topliss-reactive ketones (excluding diaryl/α,β-unsaturated/α-hetero) is 1. The van der Waals surface area contributed by atoms with Gasteiger partial charge in [-0.05, 0) is 49.9 Å². The number of hydrogen-bond acceptors (Lipinski definition) is 5. The van der Waals surface area contributed by atoms with E-state index in [4.69, 9.17) is 21.1 Å². The van der Waals surface area contributed by atoms with Crippen LogP contribution in [0.2, 0.25) is 5.02 Å². The maximum absolute atomic E-state index is 12.8. The Bertz CT molecular complexity index is 787. The lowest BCUT2D eigenvalue weighted by Crippen LogP contribution is -2.46. The van der Waals surface area contributed by atoms with Gasteiger partial charge in [0.15, 0.2) is 17.3 Å². The third kappa shape index (κ3) is 3.16. The average molecular weight is 392 g/mol. The Balaban J connectivity index is 1.66. The maximum Gasteiger partial charge on any atom is 0.294 e. The molecule has 6 nitrogen and oxygen atoms in total. The number of amides is 1. The molecule has 27 heavy (non-hydrogen) atoms. The Hall–Kier alpha value is -1.89. The molecule has 1 saturated carbocycles. The molecule has 0 unspecified atom stereocenters. The number of carbonyl (C=O) groups excluding carboxylic acids is 2. The predicted molar refractivity (Wildman–Crippen MR) is 99.7 cm³/mol. The van der Waals surface area contributed by atoms with Gasteiger partial charge in [-0.2, -0.15) is 0 Å². The second-order valence-corrected chi connectivity index (χ2v) is 7.80. The van der Waals surface area contributed by atoms with Gasteiger partial charge in [-0.3, -0.25) is 14.5 Å². The molecule has 1 saturated heterocycles. The lowest BCUT2D eigenvalue weighted by Gasteiger charge is -2.40. The molecule has 2 fully saturated rings. The lowest BCUT2D eigenvalue weighted by atomic mass is 9.77. The first kappa shape index (κ1) is 18.5. The molecule has 4 rings (SSSR count). The van der Waals surface area contributed by atoms with Gasteiger partial charge in [-0.1, -0.05) is 11.6 Å². The Morgan fingerprint density at radius 2 is 1.78 bits per heavy atom. The van der Waals surface area contributed by atoms with Gasteiger partial charge in [-0.25, -0.2) is 0 Å². The van der Waals surface area contributed by atoms with Crippen LogP contribution in [0.5, 0.6) is 0 Å². The molecule has 3 aliphatic rings. The molecule has 0 bridgehead atoms. The average Bonchev–Trinajstić information content (AvgIpc) is 3.20. The van der Waals surface area contributed by atoms with Crippen LogP contribution in [0.15, 0.2) is 35.6 Å². The highest BCUT2D eigenvalue weighted by atomic mass is 35.5. The van der Waals surface area contributed by atoms with E-state index in [0.29, 0.717) is 36.8 Å². The number of nitrogens with zero attached hydrogens (tertiary/aromatic N) is 1. The number of ketones is 1. The summed E-state index contributed by atoms with van der Waals surface area (Å²) in [6.45, 7) is 2.59. The fraction of sp³-hybridized carbons (Fsp3) is 0.500. The van der Waals surface area contributed by atoms with Crippen LogP contribution in [0.1, 0.15) is 32.6 Å². The molecule has 0 aromatic heterocycles. The summed E-state index contributed by atoms with van der Waals surface area (Å²) in [5.41, 5.74) is 0.815. The SMILES string of the molecule is CC(=O)C1=C(O)C(=O)N(c2ccc(Cl)cc2)[C@H]1C1CCC2(CC1)OCCO2. The monoisotopic (exact) mass is 391 g/mol. The van der Waals surface area contributed by atoms with Crippen LogP contribution in [-0.2, 0) is 19.1 Å². The zero-order valence-corrected chi connectivity index (χ0v) is 15.9. The minimum atomic E-state index is -0.541. The summed E-state index contributed by atoms with van der Waals surface area (Å²) in [5, 5.41) is 11.0. The molecular weight excluding hydrogens is 370 g/mol. The molecule has 1 aromatic rings. The van der Waals surface area contributed by atoms with Crippen molar-refractivity contribution in [3.63, 3.8) is 0 Å². The molecular formula is C20H22ClNO5. The number of aliphatic hydroxyl groups is 1. The van der Waals surface area contributed by atoms with Crippen LogP contribution in [0.3, 0.4) is 0 Å². The van der Waals surface area contributed by atoms with E-state index in [-0.39, 0.29) is 17.3 Å². The zero-order chi connectivity index (χ0) is 19.2. The molecule has 2 heterocycles. The van der Waals surface area contributed by atoms with Crippen molar-refractivity contribution in [1.82, 2.24) is 0 Å². The van der Waals surface area contributed by atoms with Crippen molar-refractivity contribution in [3.8, 4) is 0 Å². The normalized spacial score (nSPS) is 25.6. The minimum Gasteiger partial charge on any atom is -0.503 e. The number of anilines is 1. The fourth-order valence-corrected chi connectivity index (χ4v) is 4.63. The first-order valence-corrected chi connectivity index (χ1v) is 9.61. The van der Waals surface area contributed by atoms with Crippen molar-refractivity contribution in [2.24, 2.45) is 5.92 Å². The van der Waals surface area contributed by atoms with Gasteiger partial charge >= 0.3 is 0 Å². The number of rotatable bonds is 3. The van der Waals surface area contributed by atoms with E-state index in [0.717, 1.165) is 12.8 Å². The molecule has 1 atom stereocenters. The highest BCUT2D eigenvalue weighted by molar-refractivity contribution is 6.30. The van der Waals surface area contributed by atoms with Crippen LogP contribution in [0.25, 0.3) is 0 Å². The van der Waals surface area contributed by atoms with Gasteiger partial charge in [0.05, 0.1) is 24.8 Å². The summed E-state index contributed by atoms with van der Waals surface area (Å²) in [5.74, 6) is -1.76. The molecule has 7 heteroatoms. The molecule has 0 radical (unpaired) electrons. The zero-order valence-electron chi connectivity index (χ0n) is 15.1. The molecule has 1 amide bonds. The van der Waals surface area contributed by atoms with Gasteiger partial charge in [0.2, 0.25) is 0 Å². The van der Waals surface area contributed by atoms with Crippen LogP contribution < -0.4 is 4.90 Å². The van der Waals surface area contributed by atoms with Crippen LogP contribution in [-0.4, -0.2) is 41.8 Å². The Morgan fingerprint density at radius 3 is 2.33 bits per heavy atom. The summed E-state index contributed by atoms with van der Waals surface area (Å²) in [4.78, 5) is 26.6. The molecule has 1 aromatic carbocycles. The van der Waals surface area contributed by atoms with Gasteiger partial charge in [-0.15, -0.1) is 0 Å². The fourth-order valence-electron chi connectivity index (χ4n) is 4.51. The van der Waals surface area contributed by atoms with Crippen molar-refractivity contribution >= 4 is 29.0 Å². The van der Waals surface area contributed by atoms with E-state index in [2.05, 4.69) is 0 Å². The van der Waals surface area contributed by atoms with Gasteiger partial charge in [0.1, 0.15) is 0 Å². The molecule has 1 spiro atoms. The van der Waals surface area contributed by atoms with Crippen molar-refractivity contribution in [1.29, 1.82) is 0 Å². The van der Waals surface area contributed by atoms with Crippen molar-refractivity contribution in [3.05, 3.63) is 40.6 Å². The van der Waals surface area contributed by atoms with Crippen LogP contribution >= 0.6 is 11.6 Å². The van der Waals surface area contributed by atoms with E-state index in [1.807, 2.05) is 0 Å². The molecule has 144 valence electrons. The first-order valence-electron chi connectivity index (χ1n) is 9.23. The van der Waals surface area contributed by atoms with E-state index in [1.54, 1.807) is 24.3 Å². The number of hydrogen-bond donors (Lipinski definition) is 1. The first-order chi connectivity index (χ1) is 12.9. The van der Waals surface area contributed by atoms with Crippen molar-refractivity contribution in [2.75, 3.05) is 18.1 Å². The van der Waals surface area contributed by atoms with E-state index in [1.165, 1.54) is 11.8 Å². The summed E-state index contributed by atoms with van der Waals surface area (Å²) in [6, 6.07) is 6.36. The summed E-state index contributed by atoms with van der Waals surface area (Å²) in [7, 11) is 0. The second kappa shape index (κ2) is 6.93. The van der Waals surface area contributed by atoms with Crippen molar-refractivity contribution in [2.45, 2.75) is 44.4 Å². The van der Waals surface area contributed by atoms with Crippen LogP contribution in [0.4, 0.5) is 5.69 Å². The van der Waals surface area contributed by atoms with E-state index >= 15 is 0 Å². The van der Waals surface area contributed by atoms with Gasteiger partial charge < -0.3 is 14.6 Å². The molecule has 2 aliphatic heterocycles. The number of carbonyl (C=O) groups is 2. The number of benzene rings is 1. The van der Waals surface area contributed by atoms with Gasteiger partial charge in [0, 0.05) is 23.6 Å². The Labute approximate surface area is 162 Å². The quantitative estimate of drug-likeness (QED) is 0.854. The second-order valence-electron chi connectivity index (χ2n) is 7.36. The summed E-state index contributed by atoms with van der Waals surface area (Å²) in [6.07, 6.45) is 2.91. The number of halogens is 1. The summed E-state index contributed by atoms with van der Waals surface area (Å²) >= 11 is 5.97. The number of aliphatic hydroxyl groups excluding tert-OH is 1. The topological polar surface area (TPSA) is 76.1 Å². The van der Waals surface area contributed by atoms with Gasteiger partial charge in [0.25, 0.3) is 5.91 Å². The van der Waals surface area contributed by atoms with E-state index < -0.39 is 23.5 Å². The summed E-state index contributed by atoms with van der Waals surface area (Å²) < 4.78 is 11.6. The lowest BCUT2D eigenvalue weighted by molar-refractivity contribution is -0.182. The smallest absolute Gasteiger partial charge is 0.294 e. The number of ether oxygens (including phenoxy) is 2. The Kier molecular flexibility index (Phi) is 4.74. The molecule has 1 N–H and O–H groups in total. The predicted octanol–water partition coefficient (Wildman–Crippen LogP) is 3.39. The third-order valence-corrected chi connectivity index (χ3v) is 6.04.